The highest BCUT2D eigenvalue weighted by Crippen LogP contribution is 2.26. The van der Waals surface area contributed by atoms with Crippen LogP contribution in [0.3, 0.4) is 0 Å². The molecule has 4 aromatic rings. The van der Waals surface area contributed by atoms with Gasteiger partial charge in [0.15, 0.2) is 0 Å². The summed E-state index contributed by atoms with van der Waals surface area (Å²) in [6.45, 7) is 0. The van der Waals surface area contributed by atoms with Gasteiger partial charge >= 0.3 is 0 Å². The van der Waals surface area contributed by atoms with Crippen molar-refractivity contribution < 1.29 is 8.42 Å². The predicted octanol–water partition coefficient (Wildman–Crippen LogP) is 3.70. The molecule has 1 heterocycles. The summed E-state index contributed by atoms with van der Waals surface area (Å²) in [5, 5.41) is 7.50. The van der Waals surface area contributed by atoms with Crippen LogP contribution in [0.25, 0.3) is 11.0 Å². The van der Waals surface area contributed by atoms with Crippen LogP contribution >= 0.6 is 12.4 Å². The molecule has 32 heavy (non-hydrogen) atoms. The van der Waals surface area contributed by atoms with Gasteiger partial charge in [-0.25, -0.2) is 13.4 Å². The molecule has 3 N–H and O–H groups in total. The van der Waals surface area contributed by atoms with E-state index in [1.807, 2.05) is 41.9 Å². The van der Waals surface area contributed by atoms with E-state index in [1.54, 1.807) is 49.5 Å². The van der Waals surface area contributed by atoms with Crippen molar-refractivity contribution in [1.29, 1.82) is 5.41 Å². The first-order valence-electron chi connectivity index (χ1n) is 9.70. The second-order valence-corrected chi connectivity index (χ2v) is 9.30. The van der Waals surface area contributed by atoms with Crippen LogP contribution in [0.5, 0.6) is 0 Å². The molecule has 0 unspecified atom stereocenters. The quantitative estimate of drug-likeness (QED) is 0.332. The Kier molecular flexibility index (Phi) is 6.57. The normalized spacial score (nSPS) is 11.2. The Bertz CT molecular complexity index is 1370. The van der Waals surface area contributed by atoms with Crippen LogP contribution in [0.4, 0.5) is 5.69 Å². The summed E-state index contributed by atoms with van der Waals surface area (Å²) >= 11 is 0. The Balaban J connectivity index is 0.00000289. The van der Waals surface area contributed by atoms with Crippen molar-refractivity contribution in [1.82, 2.24) is 9.55 Å². The van der Waals surface area contributed by atoms with E-state index in [-0.39, 0.29) is 23.1 Å². The zero-order valence-electron chi connectivity index (χ0n) is 17.7. The molecule has 0 atom stereocenters. The monoisotopic (exact) mass is 469 g/mol. The number of nitrogen functional groups attached to an aromatic ring is 1. The number of halogens is 1. The highest BCUT2D eigenvalue weighted by molar-refractivity contribution is 7.92. The molecule has 0 aliphatic rings. The number of anilines is 1. The average molecular weight is 470 g/mol. The maximum absolute atomic E-state index is 12.9. The molecule has 0 aliphatic carbocycles. The van der Waals surface area contributed by atoms with E-state index >= 15 is 0 Å². The van der Waals surface area contributed by atoms with E-state index in [0.29, 0.717) is 17.7 Å². The van der Waals surface area contributed by atoms with Crippen LogP contribution in [0, 0.1) is 5.41 Å². The van der Waals surface area contributed by atoms with Gasteiger partial charge in [0.05, 0.1) is 21.6 Å². The van der Waals surface area contributed by atoms with Crippen LogP contribution in [-0.2, 0) is 23.5 Å². The Morgan fingerprint density at radius 2 is 1.72 bits per heavy atom. The summed E-state index contributed by atoms with van der Waals surface area (Å²) in [5.74, 6) is 0.896. The lowest BCUT2D eigenvalue weighted by Gasteiger charge is -2.19. The Labute approximate surface area is 193 Å². The topological polar surface area (TPSA) is 105 Å². The fourth-order valence-corrected chi connectivity index (χ4v) is 4.67. The smallest absolute Gasteiger partial charge is 0.264 e. The summed E-state index contributed by atoms with van der Waals surface area (Å²) in [7, 11) is -0.164. The molecule has 9 heteroatoms. The molecule has 4 rings (SSSR count). The number of aromatic nitrogens is 2. The standard InChI is InChI=1S/C23H23N5O2S.ClH/c1-27-21-13-12-18(28(2)31(29,30)19-6-4-3-5-7-19)15-20(21)26-22(27)14-16-8-10-17(11-9-16)23(24)25;/h3-13,15H,14H2,1-2H3,(H3,24,25);1H. The largest absolute Gasteiger partial charge is 0.384 e. The molecule has 0 amide bonds. The van der Waals surface area contributed by atoms with Crippen molar-refractivity contribution in [3.8, 4) is 0 Å². The van der Waals surface area contributed by atoms with Gasteiger partial charge < -0.3 is 10.3 Å². The number of hydrogen-bond donors (Lipinski definition) is 2. The molecule has 0 aliphatic heterocycles. The Hall–Kier alpha value is -3.36. The Morgan fingerprint density at radius 1 is 1.06 bits per heavy atom. The van der Waals surface area contributed by atoms with Gasteiger partial charge in [0.2, 0.25) is 0 Å². The van der Waals surface area contributed by atoms with Gasteiger partial charge in [-0.05, 0) is 35.9 Å². The third-order valence-electron chi connectivity index (χ3n) is 5.35. The molecule has 166 valence electrons. The number of amidine groups is 1. The molecule has 1 aromatic heterocycles. The van der Waals surface area contributed by atoms with Crippen LogP contribution in [0.1, 0.15) is 17.0 Å². The number of hydrogen-bond acceptors (Lipinski definition) is 4. The van der Waals surface area contributed by atoms with Crippen LogP contribution in [0.2, 0.25) is 0 Å². The summed E-state index contributed by atoms with van der Waals surface area (Å²) in [6.07, 6.45) is 0.608. The fraction of sp³-hybridized carbons (Fsp3) is 0.130. The number of aryl methyl sites for hydroxylation is 1. The number of nitrogens with two attached hydrogens (primary N) is 1. The summed E-state index contributed by atoms with van der Waals surface area (Å²) < 4.78 is 29.1. The van der Waals surface area contributed by atoms with Gasteiger partial charge in [0, 0.05) is 26.1 Å². The molecule has 7 nitrogen and oxygen atoms in total. The van der Waals surface area contributed by atoms with E-state index in [4.69, 9.17) is 16.1 Å². The molecule has 0 saturated heterocycles. The minimum Gasteiger partial charge on any atom is -0.384 e. The summed E-state index contributed by atoms with van der Waals surface area (Å²) in [6, 6.07) is 21.3. The second-order valence-electron chi connectivity index (χ2n) is 7.33. The first-order valence-corrected chi connectivity index (χ1v) is 11.1. The minimum atomic E-state index is -3.65. The van der Waals surface area contributed by atoms with Gasteiger partial charge in [0.25, 0.3) is 10.0 Å². The zero-order chi connectivity index (χ0) is 22.2. The van der Waals surface area contributed by atoms with Crippen molar-refractivity contribution >= 4 is 45.0 Å². The van der Waals surface area contributed by atoms with Crippen LogP contribution < -0.4 is 10.0 Å². The minimum absolute atomic E-state index is 0. The highest BCUT2D eigenvalue weighted by atomic mass is 35.5. The number of sulfonamides is 1. The van der Waals surface area contributed by atoms with Gasteiger partial charge in [-0.1, -0.05) is 42.5 Å². The number of nitrogens with zero attached hydrogens (tertiary/aromatic N) is 3. The molecule has 0 fully saturated rings. The van der Waals surface area contributed by atoms with E-state index in [9.17, 15) is 8.42 Å². The third kappa shape index (κ3) is 4.32. The number of rotatable bonds is 6. The van der Waals surface area contributed by atoms with E-state index in [1.165, 1.54) is 4.31 Å². The Morgan fingerprint density at radius 3 is 2.34 bits per heavy atom. The number of imidazole rings is 1. The molecular formula is C23H24ClN5O2S. The van der Waals surface area contributed by atoms with Crippen molar-refractivity contribution in [3.05, 3.63) is 89.7 Å². The predicted molar refractivity (Wildman–Crippen MR) is 130 cm³/mol. The van der Waals surface area contributed by atoms with E-state index < -0.39 is 10.0 Å². The summed E-state index contributed by atoms with van der Waals surface area (Å²) in [5.41, 5.74) is 9.44. The van der Waals surface area contributed by atoms with Gasteiger partial charge in [-0.3, -0.25) is 9.71 Å². The first-order chi connectivity index (χ1) is 14.8. The maximum atomic E-state index is 12.9. The zero-order valence-corrected chi connectivity index (χ0v) is 19.3. The maximum Gasteiger partial charge on any atom is 0.264 e. The van der Waals surface area contributed by atoms with Gasteiger partial charge in [0.1, 0.15) is 11.7 Å². The first kappa shape index (κ1) is 23.3. The van der Waals surface area contributed by atoms with Gasteiger partial charge in [-0.15, -0.1) is 12.4 Å². The lowest BCUT2D eigenvalue weighted by atomic mass is 10.1. The molecule has 0 radical (unpaired) electrons. The lowest BCUT2D eigenvalue weighted by molar-refractivity contribution is 0.594. The third-order valence-corrected chi connectivity index (χ3v) is 7.15. The number of fused-ring (bicyclic) bond motifs is 1. The average Bonchev–Trinajstić information content (AvgIpc) is 3.08. The summed E-state index contributed by atoms with van der Waals surface area (Å²) in [4.78, 5) is 4.98. The lowest BCUT2D eigenvalue weighted by Crippen LogP contribution is -2.26. The van der Waals surface area contributed by atoms with Crippen molar-refractivity contribution in [2.75, 3.05) is 11.4 Å². The SMILES string of the molecule is CN(c1ccc2c(c1)nc(Cc1ccc(C(=N)N)cc1)n2C)S(=O)(=O)c1ccccc1.Cl. The molecular weight excluding hydrogens is 446 g/mol. The molecule has 0 spiro atoms. The molecule has 0 bridgehead atoms. The fourth-order valence-electron chi connectivity index (χ4n) is 3.47. The molecule has 0 saturated carbocycles. The van der Waals surface area contributed by atoms with Crippen LogP contribution in [-0.4, -0.2) is 30.9 Å². The highest BCUT2D eigenvalue weighted by Gasteiger charge is 2.21. The number of benzene rings is 3. The van der Waals surface area contributed by atoms with Crippen molar-refractivity contribution in [3.63, 3.8) is 0 Å². The van der Waals surface area contributed by atoms with Crippen molar-refractivity contribution in [2.45, 2.75) is 11.3 Å². The van der Waals surface area contributed by atoms with Crippen molar-refractivity contribution in [2.24, 2.45) is 12.8 Å². The van der Waals surface area contributed by atoms with E-state index in [0.717, 1.165) is 22.4 Å². The van der Waals surface area contributed by atoms with Gasteiger partial charge in [-0.2, -0.15) is 0 Å². The van der Waals surface area contributed by atoms with Crippen LogP contribution in [0.15, 0.2) is 77.7 Å². The molecule has 3 aromatic carbocycles. The second kappa shape index (κ2) is 9.02. The van der Waals surface area contributed by atoms with E-state index in [2.05, 4.69) is 0 Å². The number of nitrogens with one attached hydrogen (secondary N) is 1.